The molecular weight excluding hydrogens is 372 g/mol. The Balaban J connectivity index is 1.83. The van der Waals surface area contributed by atoms with Crippen molar-refractivity contribution in [2.75, 3.05) is 26.7 Å². The number of hydrogen-bond acceptors (Lipinski definition) is 4. The molecule has 0 radical (unpaired) electrons. The van der Waals surface area contributed by atoms with E-state index in [1.807, 2.05) is 30.5 Å². The van der Waals surface area contributed by atoms with Crippen molar-refractivity contribution < 1.29 is 4.74 Å². The largest absolute Gasteiger partial charge is 0.497 e. The van der Waals surface area contributed by atoms with E-state index in [9.17, 15) is 0 Å². The van der Waals surface area contributed by atoms with Crippen LogP contribution in [0.1, 0.15) is 13.8 Å². The lowest BCUT2D eigenvalue weighted by atomic mass is 10.1. The van der Waals surface area contributed by atoms with Crippen LogP contribution in [0.2, 0.25) is 0 Å². The minimum atomic E-state index is 0.770. The van der Waals surface area contributed by atoms with E-state index in [0.29, 0.717) is 0 Å². The number of benzene rings is 2. The van der Waals surface area contributed by atoms with Crippen LogP contribution in [0.15, 0.2) is 66.9 Å². The zero-order valence-electron chi connectivity index (χ0n) is 17.9. The Morgan fingerprint density at radius 1 is 0.900 bits per heavy atom. The number of rotatable bonds is 8. The summed E-state index contributed by atoms with van der Waals surface area (Å²) in [5.74, 6) is 1.75. The van der Waals surface area contributed by atoms with Crippen LogP contribution >= 0.6 is 0 Å². The lowest BCUT2D eigenvalue weighted by Crippen LogP contribution is -2.27. The van der Waals surface area contributed by atoms with Crippen molar-refractivity contribution in [2.24, 2.45) is 0 Å². The summed E-state index contributed by atoms with van der Waals surface area (Å²) in [7, 11) is 1.69. The summed E-state index contributed by atoms with van der Waals surface area (Å²) in [4.78, 5) is 12.0. The van der Waals surface area contributed by atoms with E-state index < -0.39 is 0 Å². The molecule has 2 aromatic carbocycles. The molecule has 0 spiro atoms. The molecule has 5 nitrogen and oxygen atoms in total. The van der Waals surface area contributed by atoms with Gasteiger partial charge >= 0.3 is 0 Å². The van der Waals surface area contributed by atoms with Crippen molar-refractivity contribution >= 4 is 11.2 Å². The Labute approximate surface area is 178 Å². The van der Waals surface area contributed by atoms with Crippen LogP contribution in [-0.2, 0) is 6.54 Å². The van der Waals surface area contributed by atoms with Gasteiger partial charge in [0.05, 0.1) is 12.6 Å². The Hall–Kier alpha value is -3.18. The summed E-state index contributed by atoms with van der Waals surface area (Å²) < 4.78 is 7.73. The molecular formula is C25H28N4O. The van der Waals surface area contributed by atoms with Crippen molar-refractivity contribution in [1.29, 1.82) is 0 Å². The van der Waals surface area contributed by atoms with Gasteiger partial charge in [0.25, 0.3) is 0 Å². The summed E-state index contributed by atoms with van der Waals surface area (Å²) in [5, 5.41) is 0. The lowest BCUT2D eigenvalue weighted by molar-refractivity contribution is 0.292. The first kappa shape index (κ1) is 20.1. The maximum absolute atomic E-state index is 5.44. The maximum Gasteiger partial charge on any atom is 0.178 e. The molecule has 0 aliphatic carbocycles. The van der Waals surface area contributed by atoms with Crippen molar-refractivity contribution in [3.8, 4) is 28.3 Å². The maximum atomic E-state index is 5.44. The minimum absolute atomic E-state index is 0.770. The second kappa shape index (κ2) is 9.09. The smallest absolute Gasteiger partial charge is 0.178 e. The fraction of sp³-hybridized carbons (Fsp3) is 0.280. The summed E-state index contributed by atoms with van der Waals surface area (Å²) in [6, 6.07) is 20.6. The van der Waals surface area contributed by atoms with E-state index in [1.54, 1.807) is 7.11 Å². The minimum Gasteiger partial charge on any atom is -0.497 e. The van der Waals surface area contributed by atoms with Crippen molar-refractivity contribution in [3.05, 3.63) is 66.9 Å². The molecule has 0 saturated heterocycles. The molecule has 0 atom stereocenters. The van der Waals surface area contributed by atoms with Gasteiger partial charge in [0.2, 0.25) is 0 Å². The molecule has 0 aliphatic rings. The zero-order valence-corrected chi connectivity index (χ0v) is 17.9. The van der Waals surface area contributed by atoms with Gasteiger partial charge in [0, 0.05) is 30.4 Å². The fourth-order valence-corrected chi connectivity index (χ4v) is 3.78. The predicted molar refractivity (Wildman–Crippen MR) is 123 cm³/mol. The number of aromatic nitrogens is 3. The number of hydrogen-bond donors (Lipinski definition) is 0. The van der Waals surface area contributed by atoms with Gasteiger partial charge in [0.15, 0.2) is 5.65 Å². The number of imidazole rings is 1. The highest BCUT2D eigenvalue weighted by atomic mass is 16.5. The van der Waals surface area contributed by atoms with E-state index in [0.717, 1.165) is 65.6 Å². The average Bonchev–Trinajstić information content (AvgIpc) is 3.18. The second-order valence-corrected chi connectivity index (χ2v) is 7.28. The van der Waals surface area contributed by atoms with E-state index >= 15 is 0 Å². The molecule has 2 aromatic heterocycles. The highest BCUT2D eigenvalue weighted by Crippen LogP contribution is 2.29. The Kier molecular flexibility index (Phi) is 6.10. The van der Waals surface area contributed by atoms with Gasteiger partial charge in [0.1, 0.15) is 11.6 Å². The molecule has 0 amide bonds. The Morgan fingerprint density at radius 3 is 2.40 bits per heavy atom. The quantitative estimate of drug-likeness (QED) is 0.412. The van der Waals surface area contributed by atoms with Crippen LogP contribution < -0.4 is 4.74 Å². The first-order chi connectivity index (χ1) is 14.7. The third kappa shape index (κ3) is 4.07. The average molecular weight is 401 g/mol. The van der Waals surface area contributed by atoms with Crippen LogP contribution in [-0.4, -0.2) is 46.2 Å². The summed E-state index contributed by atoms with van der Waals surface area (Å²) >= 11 is 0. The summed E-state index contributed by atoms with van der Waals surface area (Å²) in [6.45, 7) is 8.28. The van der Waals surface area contributed by atoms with Gasteiger partial charge in [-0.1, -0.05) is 56.3 Å². The second-order valence-electron chi connectivity index (χ2n) is 7.28. The zero-order chi connectivity index (χ0) is 20.9. The third-order valence-corrected chi connectivity index (χ3v) is 5.57. The highest BCUT2D eigenvalue weighted by molar-refractivity contribution is 5.82. The van der Waals surface area contributed by atoms with Crippen molar-refractivity contribution in [2.45, 2.75) is 20.4 Å². The lowest BCUT2D eigenvalue weighted by Gasteiger charge is -2.19. The van der Waals surface area contributed by atoms with Crippen LogP contribution in [0.3, 0.4) is 0 Å². The number of fused-ring (bicyclic) bond motifs is 1. The molecule has 0 fully saturated rings. The Morgan fingerprint density at radius 2 is 1.67 bits per heavy atom. The van der Waals surface area contributed by atoms with E-state index in [-0.39, 0.29) is 0 Å². The number of likely N-dealkylation sites (N-methyl/N-ethyl adjacent to an activating group) is 1. The van der Waals surface area contributed by atoms with Gasteiger partial charge in [-0.05, 0) is 36.9 Å². The van der Waals surface area contributed by atoms with Gasteiger partial charge in [-0.2, -0.15) is 0 Å². The van der Waals surface area contributed by atoms with Crippen LogP contribution in [0.4, 0.5) is 0 Å². The molecule has 4 rings (SSSR count). The summed E-state index contributed by atoms with van der Waals surface area (Å²) in [6.07, 6.45) is 1.91. The highest BCUT2D eigenvalue weighted by Gasteiger charge is 2.16. The SMILES string of the molecule is CCN(CC)CCn1c(-c2cccc(OC)c2)nc2ncc(-c3ccccc3)cc21. The first-order valence-corrected chi connectivity index (χ1v) is 10.5. The van der Waals surface area contributed by atoms with E-state index in [4.69, 9.17) is 14.7 Å². The van der Waals surface area contributed by atoms with Gasteiger partial charge < -0.3 is 14.2 Å². The molecule has 5 heteroatoms. The number of methoxy groups -OCH3 is 1. The molecule has 0 saturated carbocycles. The van der Waals surface area contributed by atoms with Crippen LogP contribution in [0.25, 0.3) is 33.7 Å². The molecule has 4 aromatic rings. The number of nitrogens with zero attached hydrogens (tertiary/aromatic N) is 4. The summed E-state index contributed by atoms with van der Waals surface area (Å²) in [5.41, 5.74) is 5.12. The Bertz CT molecular complexity index is 1120. The fourth-order valence-electron chi connectivity index (χ4n) is 3.78. The topological polar surface area (TPSA) is 43.2 Å². The molecule has 2 heterocycles. The first-order valence-electron chi connectivity index (χ1n) is 10.5. The standard InChI is InChI=1S/C25H28N4O/c1-4-28(5-2)14-15-29-23-17-21(19-10-7-6-8-11-19)18-26-24(23)27-25(29)20-12-9-13-22(16-20)30-3/h6-13,16-18H,4-5,14-15H2,1-3H3. The van der Waals surface area contributed by atoms with Crippen molar-refractivity contribution in [1.82, 2.24) is 19.4 Å². The third-order valence-electron chi connectivity index (χ3n) is 5.57. The van der Waals surface area contributed by atoms with Gasteiger partial charge in [-0.15, -0.1) is 0 Å². The van der Waals surface area contributed by atoms with Gasteiger partial charge in [-0.3, -0.25) is 0 Å². The number of ether oxygens (including phenoxy) is 1. The molecule has 30 heavy (non-hydrogen) atoms. The van der Waals surface area contributed by atoms with Gasteiger partial charge in [-0.25, -0.2) is 9.97 Å². The van der Waals surface area contributed by atoms with Crippen molar-refractivity contribution in [3.63, 3.8) is 0 Å². The normalized spacial score (nSPS) is 11.3. The molecule has 0 bridgehead atoms. The molecule has 0 aliphatic heterocycles. The van der Waals surface area contributed by atoms with E-state index in [2.05, 4.69) is 59.7 Å². The number of pyridine rings is 1. The predicted octanol–water partition coefficient (Wildman–Crippen LogP) is 5.12. The molecule has 0 unspecified atom stereocenters. The van der Waals surface area contributed by atoms with E-state index in [1.165, 1.54) is 0 Å². The molecule has 154 valence electrons. The van der Waals surface area contributed by atoms with Crippen LogP contribution in [0, 0.1) is 0 Å². The van der Waals surface area contributed by atoms with Crippen LogP contribution in [0.5, 0.6) is 5.75 Å². The monoisotopic (exact) mass is 400 g/mol. The molecule has 0 N–H and O–H groups in total.